The first-order chi connectivity index (χ1) is 19.4. The first-order valence-corrected chi connectivity index (χ1v) is 14.9. The highest BCUT2D eigenvalue weighted by Crippen LogP contribution is 2.40. The van der Waals surface area contributed by atoms with Crippen LogP contribution in [0.5, 0.6) is 11.5 Å². The third-order valence-corrected chi connectivity index (χ3v) is 7.41. The minimum atomic E-state index is -0.675. The third kappa shape index (κ3) is 8.10. The highest BCUT2D eigenvalue weighted by molar-refractivity contribution is 6.46. The standard InChI is InChI=1S/C33H46N2O5/c1-5-9-11-24-40-27-17-13-25(14-18-27)30-29(31(36)26-15-19-28(20-16-26)39-23-10-6-2)32(37)33(38)35(30)22-12-21-34(7-3)8-4/h13-20,30,36H,5-12,21-24H2,1-4H3. The van der Waals surface area contributed by atoms with E-state index in [1.165, 1.54) is 0 Å². The molecule has 1 aliphatic heterocycles. The van der Waals surface area contributed by atoms with Crippen molar-refractivity contribution in [3.05, 3.63) is 65.2 Å². The maximum Gasteiger partial charge on any atom is 0.295 e. The Hall–Kier alpha value is -3.32. The van der Waals surface area contributed by atoms with Crippen LogP contribution in [0, 0.1) is 0 Å². The predicted octanol–water partition coefficient (Wildman–Crippen LogP) is 6.59. The van der Waals surface area contributed by atoms with Crippen molar-refractivity contribution in [3.63, 3.8) is 0 Å². The van der Waals surface area contributed by atoms with E-state index in [1.54, 1.807) is 29.2 Å². The van der Waals surface area contributed by atoms with Crippen molar-refractivity contribution in [2.75, 3.05) is 39.4 Å². The van der Waals surface area contributed by atoms with Crippen molar-refractivity contribution in [2.45, 2.75) is 72.3 Å². The van der Waals surface area contributed by atoms with Crippen LogP contribution in [-0.4, -0.2) is 66.0 Å². The van der Waals surface area contributed by atoms with Crippen LogP contribution in [0.15, 0.2) is 54.1 Å². The molecule has 0 radical (unpaired) electrons. The zero-order chi connectivity index (χ0) is 28.9. The van der Waals surface area contributed by atoms with Gasteiger partial charge in [0.05, 0.1) is 24.8 Å². The Balaban J connectivity index is 1.91. The number of aliphatic hydroxyl groups is 1. The summed E-state index contributed by atoms with van der Waals surface area (Å²) in [4.78, 5) is 30.6. The van der Waals surface area contributed by atoms with E-state index < -0.39 is 17.7 Å². The third-order valence-electron chi connectivity index (χ3n) is 7.41. The van der Waals surface area contributed by atoms with Gasteiger partial charge >= 0.3 is 0 Å². The van der Waals surface area contributed by atoms with E-state index in [0.717, 1.165) is 69.5 Å². The smallest absolute Gasteiger partial charge is 0.295 e. The minimum Gasteiger partial charge on any atom is -0.507 e. The number of aliphatic hydroxyl groups excluding tert-OH is 1. The van der Waals surface area contributed by atoms with Crippen molar-refractivity contribution in [1.82, 2.24) is 9.80 Å². The molecule has 7 heteroatoms. The van der Waals surface area contributed by atoms with Gasteiger partial charge in [-0.3, -0.25) is 9.59 Å². The molecule has 0 aromatic heterocycles. The number of hydrogen-bond acceptors (Lipinski definition) is 6. The van der Waals surface area contributed by atoms with Crippen LogP contribution < -0.4 is 9.47 Å². The van der Waals surface area contributed by atoms with Crippen molar-refractivity contribution in [1.29, 1.82) is 0 Å². The lowest BCUT2D eigenvalue weighted by Crippen LogP contribution is -2.33. The number of ketones is 1. The van der Waals surface area contributed by atoms with E-state index >= 15 is 0 Å². The molecule has 3 rings (SSSR count). The Morgan fingerprint density at radius 2 is 1.38 bits per heavy atom. The maximum absolute atomic E-state index is 13.4. The first-order valence-electron chi connectivity index (χ1n) is 14.9. The number of carbonyl (C=O) groups is 2. The number of likely N-dealkylation sites (tertiary alicyclic amines) is 1. The largest absolute Gasteiger partial charge is 0.507 e. The van der Waals surface area contributed by atoms with Gasteiger partial charge in [0.25, 0.3) is 11.7 Å². The second-order valence-electron chi connectivity index (χ2n) is 10.2. The van der Waals surface area contributed by atoms with Gasteiger partial charge in [-0.1, -0.05) is 59.1 Å². The van der Waals surface area contributed by atoms with E-state index in [4.69, 9.17) is 9.47 Å². The number of rotatable bonds is 17. The van der Waals surface area contributed by atoms with Gasteiger partial charge in [-0.05, 0) is 80.9 Å². The average molecular weight is 551 g/mol. The number of benzene rings is 2. The minimum absolute atomic E-state index is 0.115. The van der Waals surface area contributed by atoms with Crippen molar-refractivity contribution in [2.24, 2.45) is 0 Å². The summed E-state index contributed by atoms with van der Waals surface area (Å²) in [5.41, 5.74) is 1.36. The molecular weight excluding hydrogens is 504 g/mol. The quantitative estimate of drug-likeness (QED) is 0.104. The predicted molar refractivity (Wildman–Crippen MR) is 160 cm³/mol. The van der Waals surface area contributed by atoms with Crippen LogP contribution in [0.4, 0.5) is 0 Å². The molecule has 0 bridgehead atoms. The molecule has 1 aliphatic rings. The molecule has 2 aromatic rings. The Kier molecular flexibility index (Phi) is 12.5. The number of hydrogen-bond donors (Lipinski definition) is 1. The van der Waals surface area contributed by atoms with Crippen molar-refractivity contribution >= 4 is 17.4 Å². The van der Waals surface area contributed by atoms with Gasteiger partial charge in [0.15, 0.2) is 0 Å². The van der Waals surface area contributed by atoms with Crippen LogP contribution >= 0.6 is 0 Å². The topological polar surface area (TPSA) is 79.3 Å². The number of amides is 1. The van der Waals surface area contributed by atoms with Gasteiger partial charge in [0.2, 0.25) is 0 Å². The van der Waals surface area contributed by atoms with Gasteiger partial charge < -0.3 is 24.4 Å². The lowest BCUT2D eigenvalue weighted by Gasteiger charge is -2.27. The van der Waals surface area contributed by atoms with Crippen molar-refractivity contribution < 1.29 is 24.2 Å². The van der Waals surface area contributed by atoms with Gasteiger partial charge in [0.1, 0.15) is 17.3 Å². The summed E-state index contributed by atoms with van der Waals surface area (Å²) in [7, 11) is 0. The van der Waals surface area contributed by atoms with Crippen LogP contribution in [0.1, 0.15) is 83.4 Å². The molecule has 1 heterocycles. The summed E-state index contributed by atoms with van der Waals surface area (Å²) in [6, 6.07) is 13.9. The van der Waals surface area contributed by atoms with E-state index in [9.17, 15) is 14.7 Å². The number of Topliss-reactive ketones (excluding diaryl/α,β-unsaturated/α-hetero) is 1. The van der Waals surface area contributed by atoms with E-state index in [-0.39, 0.29) is 11.3 Å². The summed E-state index contributed by atoms with van der Waals surface area (Å²) in [5, 5.41) is 11.4. The zero-order valence-electron chi connectivity index (χ0n) is 24.7. The van der Waals surface area contributed by atoms with Crippen molar-refractivity contribution in [3.8, 4) is 11.5 Å². The van der Waals surface area contributed by atoms with Crippen LogP contribution in [0.2, 0.25) is 0 Å². The van der Waals surface area contributed by atoms with Crippen LogP contribution in [-0.2, 0) is 9.59 Å². The molecule has 0 spiro atoms. The summed E-state index contributed by atoms with van der Waals surface area (Å²) in [6.45, 7) is 12.9. The Labute approximate surface area is 239 Å². The molecule has 1 atom stereocenters. The summed E-state index contributed by atoms with van der Waals surface area (Å²) >= 11 is 0. The van der Waals surface area contributed by atoms with Crippen LogP contribution in [0.25, 0.3) is 5.76 Å². The van der Waals surface area contributed by atoms with Gasteiger partial charge in [-0.25, -0.2) is 0 Å². The number of ether oxygens (including phenoxy) is 2. The molecule has 40 heavy (non-hydrogen) atoms. The summed E-state index contributed by atoms with van der Waals surface area (Å²) < 4.78 is 11.6. The van der Waals surface area contributed by atoms with Crippen LogP contribution in [0.3, 0.4) is 0 Å². The fraction of sp³-hybridized carbons (Fsp3) is 0.515. The summed E-state index contributed by atoms with van der Waals surface area (Å²) in [6.07, 6.45) is 5.97. The summed E-state index contributed by atoms with van der Waals surface area (Å²) in [5.74, 6) is 0.0403. The lowest BCUT2D eigenvalue weighted by atomic mass is 9.95. The lowest BCUT2D eigenvalue weighted by molar-refractivity contribution is -0.140. The molecule has 218 valence electrons. The zero-order valence-corrected chi connectivity index (χ0v) is 24.7. The molecule has 0 aliphatic carbocycles. The highest BCUT2D eigenvalue weighted by Gasteiger charge is 2.45. The molecule has 0 saturated carbocycles. The molecule has 1 saturated heterocycles. The fourth-order valence-electron chi connectivity index (χ4n) is 4.95. The molecule has 7 nitrogen and oxygen atoms in total. The van der Waals surface area contributed by atoms with E-state index in [1.807, 2.05) is 24.3 Å². The Morgan fingerprint density at radius 1 is 0.800 bits per heavy atom. The van der Waals surface area contributed by atoms with Gasteiger partial charge in [-0.2, -0.15) is 0 Å². The van der Waals surface area contributed by atoms with E-state index in [0.29, 0.717) is 31.1 Å². The Bertz CT molecular complexity index is 1110. The molecule has 1 N–H and O–H groups in total. The van der Waals surface area contributed by atoms with Gasteiger partial charge in [0, 0.05) is 12.1 Å². The normalized spacial score (nSPS) is 16.6. The molecular formula is C33H46N2O5. The monoisotopic (exact) mass is 550 g/mol. The number of nitrogens with zero attached hydrogens (tertiary/aromatic N) is 2. The number of unbranched alkanes of at least 4 members (excludes halogenated alkanes) is 3. The molecule has 1 fully saturated rings. The highest BCUT2D eigenvalue weighted by atomic mass is 16.5. The second-order valence-corrected chi connectivity index (χ2v) is 10.2. The number of carbonyl (C=O) groups excluding carboxylic acids is 2. The Morgan fingerprint density at radius 3 is 1.95 bits per heavy atom. The second kappa shape index (κ2) is 16.1. The van der Waals surface area contributed by atoms with E-state index in [2.05, 4.69) is 32.6 Å². The SMILES string of the molecule is CCCCCOc1ccc(C2C(=C(O)c3ccc(OCCCC)cc3)C(=O)C(=O)N2CCCN(CC)CC)cc1. The molecule has 1 amide bonds. The van der Waals surface area contributed by atoms with Gasteiger partial charge in [-0.15, -0.1) is 0 Å². The maximum atomic E-state index is 13.4. The first kappa shape index (κ1) is 31.2. The fourth-order valence-corrected chi connectivity index (χ4v) is 4.95. The molecule has 2 aromatic carbocycles. The molecule has 1 unspecified atom stereocenters. The average Bonchev–Trinajstić information content (AvgIpc) is 3.23.